The van der Waals surface area contributed by atoms with Gasteiger partial charge >= 0.3 is 5.97 Å². The Balaban J connectivity index is 2.99. The van der Waals surface area contributed by atoms with Gasteiger partial charge in [0.2, 0.25) is 0 Å². The van der Waals surface area contributed by atoms with Crippen LogP contribution in [0, 0.1) is 0 Å². The summed E-state index contributed by atoms with van der Waals surface area (Å²) in [5, 5.41) is 5.04. The van der Waals surface area contributed by atoms with E-state index < -0.39 is 0 Å². The van der Waals surface area contributed by atoms with Gasteiger partial charge in [-0.2, -0.15) is 0 Å². The fourth-order valence-corrected chi connectivity index (χ4v) is 0.529. The highest BCUT2D eigenvalue weighted by molar-refractivity contribution is 7.97. The Morgan fingerprint density at radius 1 is 1.88 bits per heavy atom. The number of ether oxygens (including phenoxy) is 1. The predicted molar refractivity (Wildman–Crippen MR) is 33.3 cm³/mol. The Morgan fingerprint density at radius 2 is 2.50 bits per heavy atom. The Kier molecular flexibility index (Phi) is 4.79. The van der Waals surface area contributed by atoms with Gasteiger partial charge in [0, 0.05) is 5.75 Å². The van der Waals surface area contributed by atoms with Crippen LogP contribution in [0.5, 0.6) is 0 Å². The number of esters is 1. The van der Waals surface area contributed by atoms with Crippen molar-refractivity contribution in [1.82, 2.24) is 0 Å². The van der Waals surface area contributed by atoms with Crippen molar-refractivity contribution in [2.75, 3.05) is 12.9 Å². The van der Waals surface area contributed by atoms with E-state index in [1.807, 2.05) is 0 Å². The third kappa shape index (κ3) is 3.95. The van der Waals surface area contributed by atoms with Gasteiger partial charge in [0.25, 0.3) is 0 Å². The van der Waals surface area contributed by atoms with Gasteiger partial charge in [-0.3, -0.25) is 9.93 Å². The molecule has 0 aromatic heterocycles. The fraction of sp³-hybridized carbons (Fsp3) is 0.750. The lowest BCUT2D eigenvalue weighted by Crippen LogP contribution is -2.01. The summed E-state index contributed by atoms with van der Waals surface area (Å²) in [6.45, 7) is 0. The lowest BCUT2D eigenvalue weighted by atomic mass is 10.5. The fourth-order valence-electron chi connectivity index (χ4n) is 0.244. The molecule has 0 unspecified atom stereocenters. The third-order valence-electron chi connectivity index (χ3n) is 0.652. The largest absolute Gasteiger partial charge is 0.469 e. The molecule has 2 N–H and O–H groups in total. The van der Waals surface area contributed by atoms with Gasteiger partial charge in [-0.1, -0.05) is 11.9 Å². The molecule has 3 nitrogen and oxygen atoms in total. The number of hydrogen-bond acceptors (Lipinski definition) is 4. The van der Waals surface area contributed by atoms with Crippen LogP contribution in [0.15, 0.2) is 0 Å². The molecule has 8 heavy (non-hydrogen) atoms. The third-order valence-corrected chi connectivity index (χ3v) is 1.09. The Labute approximate surface area is 52.7 Å². The summed E-state index contributed by atoms with van der Waals surface area (Å²) in [6, 6.07) is 0. The highest BCUT2D eigenvalue weighted by atomic mass is 32.2. The van der Waals surface area contributed by atoms with Crippen molar-refractivity contribution in [2.45, 2.75) is 6.42 Å². The van der Waals surface area contributed by atoms with E-state index in [-0.39, 0.29) is 5.97 Å². The summed E-state index contributed by atoms with van der Waals surface area (Å²) in [5.41, 5.74) is 0. The highest BCUT2D eigenvalue weighted by Crippen LogP contribution is 1.91. The zero-order valence-corrected chi connectivity index (χ0v) is 5.53. The number of nitrogens with two attached hydrogens (primary N) is 1. The first kappa shape index (κ1) is 7.78. The maximum Gasteiger partial charge on any atom is 0.306 e. The second-order valence-corrected chi connectivity index (χ2v) is 1.94. The summed E-state index contributed by atoms with van der Waals surface area (Å²) in [5.74, 6) is 0.426. The maximum atomic E-state index is 10.3. The minimum absolute atomic E-state index is 0.206. The molecule has 0 amide bonds. The number of rotatable bonds is 3. The van der Waals surface area contributed by atoms with Crippen LogP contribution in [0.4, 0.5) is 0 Å². The average molecular weight is 135 g/mol. The lowest BCUT2D eigenvalue weighted by molar-refractivity contribution is -0.140. The van der Waals surface area contributed by atoms with Gasteiger partial charge in [0.05, 0.1) is 13.5 Å². The van der Waals surface area contributed by atoms with Crippen LogP contribution < -0.4 is 5.14 Å². The first-order valence-electron chi connectivity index (χ1n) is 2.19. The second-order valence-electron chi connectivity index (χ2n) is 1.20. The smallest absolute Gasteiger partial charge is 0.306 e. The minimum Gasteiger partial charge on any atom is -0.469 e. The lowest BCUT2D eigenvalue weighted by Gasteiger charge is -1.93. The zero-order chi connectivity index (χ0) is 6.41. The molecule has 0 radical (unpaired) electrons. The molecule has 0 bridgehead atoms. The van der Waals surface area contributed by atoms with Crippen LogP contribution in [0.3, 0.4) is 0 Å². The van der Waals surface area contributed by atoms with Crippen LogP contribution in [0.25, 0.3) is 0 Å². The molecule has 0 aliphatic heterocycles. The summed E-state index contributed by atoms with van der Waals surface area (Å²) in [7, 11) is 1.36. The van der Waals surface area contributed by atoms with E-state index in [9.17, 15) is 4.79 Å². The molecular formula is C4H9NO2S. The molecule has 0 aromatic rings. The summed E-state index contributed by atoms with van der Waals surface area (Å²) >= 11 is 1.14. The van der Waals surface area contributed by atoms with Crippen LogP contribution in [-0.4, -0.2) is 18.8 Å². The average Bonchev–Trinajstić information content (AvgIpc) is 1.83. The number of methoxy groups -OCH3 is 1. The van der Waals surface area contributed by atoms with Crippen molar-refractivity contribution in [3.05, 3.63) is 0 Å². The van der Waals surface area contributed by atoms with Crippen LogP contribution in [0.1, 0.15) is 6.42 Å². The van der Waals surface area contributed by atoms with Gasteiger partial charge in [-0.15, -0.1) is 0 Å². The van der Waals surface area contributed by atoms with E-state index in [0.29, 0.717) is 12.2 Å². The summed E-state index contributed by atoms with van der Waals surface area (Å²) in [4.78, 5) is 10.3. The number of carbonyl (C=O) groups is 1. The van der Waals surface area contributed by atoms with Gasteiger partial charge < -0.3 is 4.74 Å². The second kappa shape index (κ2) is 4.93. The number of carbonyl (C=O) groups excluding carboxylic acids is 1. The van der Waals surface area contributed by atoms with E-state index in [1.54, 1.807) is 0 Å². The predicted octanol–water partition coefficient (Wildman–Crippen LogP) is 0.156. The van der Waals surface area contributed by atoms with Crippen molar-refractivity contribution in [3.63, 3.8) is 0 Å². The van der Waals surface area contributed by atoms with Gasteiger partial charge in [0.1, 0.15) is 0 Å². The topological polar surface area (TPSA) is 52.3 Å². The summed E-state index contributed by atoms with van der Waals surface area (Å²) in [6.07, 6.45) is 0.400. The van der Waals surface area contributed by atoms with Gasteiger partial charge in [0.15, 0.2) is 0 Å². The van der Waals surface area contributed by atoms with E-state index in [1.165, 1.54) is 7.11 Å². The van der Waals surface area contributed by atoms with Crippen molar-refractivity contribution < 1.29 is 9.53 Å². The molecule has 0 aliphatic carbocycles. The monoisotopic (exact) mass is 135 g/mol. The molecule has 0 rings (SSSR count). The van der Waals surface area contributed by atoms with Crippen LogP contribution >= 0.6 is 11.9 Å². The molecular weight excluding hydrogens is 126 g/mol. The first-order chi connectivity index (χ1) is 3.81. The normalized spacial score (nSPS) is 8.75. The quantitative estimate of drug-likeness (QED) is 0.442. The molecule has 0 heterocycles. The Bertz CT molecular complexity index is 76.4. The van der Waals surface area contributed by atoms with Gasteiger partial charge in [-0.05, 0) is 0 Å². The summed E-state index contributed by atoms with van der Waals surface area (Å²) < 4.78 is 4.34. The number of hydrogen-bond donors (Lipinski definition) is 1. The SMILES string of the molecule is COC(=O)CCSN. The van der Waals surface area contributed by atoms with E-state index >= 15 is 0 Å². The van der Waals surface area contributed by atoms with Gasteiger partial charge in [-0.25, -0.2) is 0 Å². The van der Waals surface area contributed by atoms with Crippen LogP contribution in [0.2, 0.25) is 0 Å². The molecule has 0 saturated heterocycles. The molecule has 0 aliphatic rings. The van der Waals surface area contributed by atoms with E-state index in [2.05, 4.69) is 4.74 Å². The first-order valence-corrected chi connectivity index (χ1v) is 3.24. The van der Waals surface area contributed by atoms with Crippen molar-refractivity contribution in [3.8, 4) is 0 Å². The molecule has 48 valence electrons. The minimum atomic E-state index is -0.206. The van der Waals surface area contributed by atoms with Crippen molar-refractivity contribution in [1.29, 1.82) is 0 Å². The molecule has 0 fully saturated rings. The van der Waals surface area contributed by atoms with E-state index in [4.69, 9.17) is 5.14 Å². The zero-order valence-electron chi connectivity index (χ0n) is 4.72. The maximum absolute atomic E-state index is 10.3. The molecule has 0 atom stereocenters. The standard InChI is InChI=1S/C4H9NO2S/c1-7-4(6)2-3-8-5/h2-3,5H2,1H3. The van der Waals surface area contributed by atoms with E-state index in [0.717, 1.165) is 11.9 Å². The van der Waals surface area contributed by atoms with Crippen LogP contribution in [-0.2, 0) is 9.53 Å². The van der Waals surface area contributed by atoms with Crippen molar-refractivity contribution >= 4 is 17.9 Å². The molecule has 0 aromatic carbocycles. The molecule has 4 heteroatoms. The highest BCUT2D eigenvalue weighted by Gasteiger charge is 1.95. The Hall–Kier alpha value is -0.220. The molecule has 0 spiro atoms. The van der Waals surface area contributed by atoms with Crippen molar-refractivity contribution in [2.24, 2.45) is 5.14 Å². The Morgan fingerprint density at radius 3 is 2.88 bits per heavy atom. The molecule has 0 saturated carbocycles.